The second kappa shape index (κ2) is 6.37. The Morgan fingerprint density at radius 3 is 2.48 bits per heavy atom. The number of nitrogens with one attached hydrogen (secondary N) is 1. The van der Waals surface area contributed by atoms with E-state index in [0.717, 1.165) is 10.4 Å². The molecule has 2 aromatic rings. The lowest BCUT2D eigenvalue weighted by Crippen LogP contribution is -2.24. The largest absolute Gasteiger partial charge is 0.545 e. The van der Waals surface area contributed by atoms with Crippen LogP contribution in [0.25, 0.3) is 6.08 Å². The number of benzene rings is 1. The van der Waals surface area contributed by atoms with Gasteiger partial charge in [-0.15, -0.1) is 11.3 Å². The monoisotopic (exact) mass is 300 g/mol. The first-order valence-corrected chi connectivity index (χ1v) is 7.16. The summed E-state index contributed by atoms with van der Waals surface area (Å²) in [5.74, 6) is -1.65. The van der Waals surface area contributed by atoms with Gasteiger partial charge >= 0.3 is 0 Å². The molecule has 1 amide bonds. The lowest BCUT2D eigenvalue weighted by atomic mass is 10.1. The molecular weight excluding hydrogens is 286 g/mol. The molecule has 2 rings (SSSR count). The Bertz CT molecular complexity index is 702. The van der Waals surface area contributed by atoms with E-state index in [-0.39, 0.29) is 11.5 Å². The molecule has 1 aromatic carbocycles. The maximum Gasteiger partial charge on any atom is 0.249 e. The average Bonchev–Trinajstić information content (AvgIpc) is 2.72. The smallest absolute Gasteiger partial charge is 0.249 e. The van der Waals surface area contributed by atoms with Gasteiger partial charge in [0.1, 0.15) is 5.00 Å². The maximum atomic E-state index is 11.9. The van der Waals surface area contributed by atoms with Gasteiger partial charge < -0.3 is 15.2 Å². The highest BCUT2D eigenvalue weighted by Crippen LogP contribution is 2.31. The number of hydrogen-bond acceptors (Lipinski definition) is 4. The summed E-state index contributed by atoms with van der Waals surface area (Å²) in [6, 6.07) is 9.38. The van der Waals surface area contributed by atoms with Gasteiger partial charge in [-0.25, -0.2) is 0 Å². The van der Waals surface area contributed by atoms with Crippen molar-refractivity contribution < 1.29 is 14.7 Å². The topological polar surface area (TPSA) is 69.2 Å². The predicted molar refractivity (Wildman–Crippen MR) is 82.2 cm³/mol. The van der Waals surface area contributed by atoms with Crippen molar-refractivity contribution in [1.29, 1.82) is 0 Å². The predicted octanol–water partition coefficient (Wildman–Crippen LogP) is 2.38. The van der Waals surface area contributed by atoms with Gasteiger partial charge in [0, 0.05) is 16.5 Å². The molecule has 0 aliphatic carbocycles. The number of thiophene rings is 1. The van der Waals surface area contributed by atoms with Gasteiger partial charge in [0.25, 0.3) is 0 Å². The van der Waals surface area contributed by atoms with E-state index in [9.17, 15) is 14.7 Å². The Morgan fingerprint density at radius 1 is 1.19 bits per heavy atom. The fourth-order valence-corrected chi connectivity index (χ4v) is 2.90. The van der Waals surface area contributed by atoms with Crippen LogP contribution in [0.1, 0.15) is 26.4 Å². The lowest BCUT2D eigenvalue weighted by Gasteiger charge is -2.06. The molecule has 0 spiro atoms. The van der Waals surface area contributed by atoms with Crippen molar-refractivity contribution >= 4 is 34.3 Å². The van der Waals surface area contributed by atoms with Crippen molar-refractivity contribution in [2.75, 3.05) is 5.32 Å². The van der Waals surface area contributed by atoms with Crippen LogP contribution >= 0.6 is 11.3 Å². The molecule has 0 aliphatic heterocycles. The van der Waals surface area contributed by atoms with E-state index in [0.29, 0.717) is 10.6 Å². The number of anilines is 1. The van der Waals surface area contributed by atoms with Gasteiger partial charge in [-0.2, -0.15) is 0 Å². The number of carbonyl (C=O) groups is 2. The van der Waals surface area contributed by atoms with Crippen molar-refractivity contribution in [2.45, 2.75) is 13.8 Å². The zero-order chi connectivity index (χ0) is 15.4. The van der Waals surface area contributed by atoms with Crippen LogP contribution in [0.5, 0.6) is 0 Å². The average molecular weight is 300 g/mol. The van der Waals surface area contributed by atoms with Crippen molar-refractivity contribution in [3.05, 3.63) is 58.0 Å². The number of carboxylic acids is 1. The molecule has 21 heavy (non-hydrogen) atoms. The van der Waals surface area contributed by atoms with Gasteiger partial charge in [-0.3, -0.25) is 4.79 Å². The quantitative estimate of drug-likeness (QED) is 0.881. The zero-order valence-corrected chi connectivity index (χ0v) is 12.5. The van der Waals surface area contributed by atoms with Crippen LogP contribution in [-0.2, 0) is 4.79 Å². The Morgan fingerprint density at radius 2 is 1.86 bits per heavy atom. The van der Waals surface area contributed by atoms with Crippen LogP contribution in [0.2, 0.25) is 0 Å². The highest BCUT2D eigenvalue weighted by atomic mass is 32.1. The van der Waals surface area contributed by atoms with Gasteiger partial charge in [-0.1, -0.05) is 30.3 Å². The Balaban J connectivity index is 2.15. The van der Waals surface area contributed by atoms with Crippen LogP contribution < -0.4 is 10.4 Å². The van der Waals surface area contributed by atoms with Gasteiger partial charge in [0.05, 0.1) is 5.97 Å². The first-order chi connectivity index (χ1) is 9.99. The maximum absolute atomic E-state index is 11.9. The standard InChI is InChI=1S/C16H15NO3S/c1-10-11(2)21-15(14(10)16(19)20)17-13(18)9-8-12-6-4-3-5-7-12/h3-9H,1-2H3,(H,17,18)(H,19,20)/p-1/b9-8+. The fraction of sp³-hybridized carbons (Fsp3) is 0.125. The van der Waals surface area contributed by atoms with Gasteiger partial charge in [-0.05, 0) is 31.1 Å². The van der Waals surface area contributed by atoms with Crippen LogP contribution in [0.4, 0.5) is 5.00 Å². The summed E-state index contributed by atoms with van der Waals surface area (Å²) in [4.78, 5) is 23.9. The van der Waals surface area contributed by atoms with Gasteiger partial charge in [0.15, 0.2) is 0 Å². The molecular formula is C16H14NO3S-. The normalized spacial score (nSPS) is 10.8. The molecule has 0 fully saturated rings. The molecule has 0 saturated heterocycles. The van der Waals surface area contributed by atoms with Crippen molar-refractivity contribution in [3.8, 4) is 0 Å². The van der Waals surface area contributed by atoms with Crippen molar-refractivity contribution in [1.82, 2.24) is 0 Å². The Hall–Kier alpha value is -2.40. The first kappa shape index (κ1) is 15.0. The van der Waals surface area contributed by atoms with Crippen LogP contribution in [0.3, 0.4) is 0 Å². The van der Waals surface area contributed by atoms with Crippen LogP contribution in [-0.4, -0.2) is 11.9 Å². The number of carboxylic acid groups (broad SMARTS) is 1. The number of carbonyl (C=O) groups excluding carboxylic acids is 2. The summed E-state index contributed by atoms with van der Waals surface area (Å²) < 4.78 is 0. The molecule has 1 N–H and O–H groups in total. The van der Waals surface area contributed by atoms with E-state index in [1.165, 1.54) is 17.4 Å². The molecule has 1 aromatic heterocycles. The van der Waals surface area contributed by atoms with E-state index in [4.69, 9.17) is 0 Å². The third-order valence-corrected chi connectivity index (χ3v) is 4.18. The second-order valence-electron chi connectivity index (χ2n) is 4.51. The van der Waals surface area contributed by atoms with Crippen molar-refractivity contribution in [3.63, 3.8) is 0 Å². The molecule has 0 bridgehead atoms. The number of rotatable bonds is 4. The summed E-state index contributed by atoms with van der Waals surface area (Å²) in [5, 5.41) is 14.1. The minimum absolute atomic E-state index is 0.0546. The minimum atomic E-state index is -1.28. The molecule has 1 heterocycles. The third kappa shape index (κ3) is 3.58. The Kier molecular flexibility index (Phi) is 4.55. The first-order valence-electron chi connectivity index (χ1n) is 6.34. The molecule has 4 nitrogen and oxygen atoms in total. The molecule has 0 saturated carbocycles. The molecule has 0 radical (unpaired) electrons. The van der Waals surface area contributed by atoms with Gasteiger partial charge in [0.2, 0.25) is 5.91 Å². The molecule has 5 heteroatoms. The highest BCUT2D eigenvalue weighted by molar-refractivity contribution is 7.16. The lowest BCUT2D eigenvalue weighted by molar-refractivity contribution is -0.254. The Labute approximate surface area is 126 Å². The number of hydrogen-bond donors (Lipinski definition) is 1. The second-order valence-corrected chi connectivity index (χ2v) is 5.73. The minimum Gasteiger partial charge on any atom is -0.545 e. The van der Waals surface area contributed by atoms with Crippen molar-refractivity contribution in [2.24, 2.45) is 0 Å². The van der Waals surface area contributed by atoms with E-state index in [2.05, 4.69) is 5.32 Å². The van der Waals surface area contributed by atoms with E-state index in [1.54, 1.807) is 13.0 Å². The number of aromatic carboxylic acids is 1. The van der Waals surface area contributed by atoms with Crippen LogP contribution in [0.15, 0.2) is 36.4 Å². The molecule has 0 unspecified atom stereocenters. The highest BCUT2D eigenvalue weighted by Gasteiger charge is 2.14. The summed E-state index contributed by atoms with van der Waals surface area (Å²) >= 11 is 1.23. The van der Waals surface area contributed by atoms with E-state index >= 15 is 0 Å². The SMILES string of the molecule is Cc1sc(NC(=O)/C=C/c2ccccc2)c(C(=O)[O-])c1C. The van der Waals surface area contributed by atoms with Crippen LogP contribution in [0, 0.1) is 13.8 Å². The molecule has 0 aliphatic rings. The molecule has 108 valence electrons. The summed E-state index contributed by atoms with van der Waals surface area (Å²) in [7, 11) is 0. The van der Waals surface area contributed by atoms with E-state index in [1.807, 2.05) is 37.3 Å². The summed E-state index contributed by atoms with van der Waals surface area (Å²) in [5.41, 5.74) is 1.58. The summed E-state index contributed by atoms with van der Waals surface area (Å²) in [6.45, 7) is 3.51. The fourth-order valence-electron chi connectivity index (χ4n) is 1.85. The zero-order valence-electron chi connectivity index (χ0n) is 11.7. The summed E-state index contributed by atoms with van der Waals surface area (Å²) in [6.07, 6.45) is 3.04. The molecule has 0 atom stereocenters. The third-order valence-electron chi connectivity index (χ3n) is 3.05. The van der Waals surface area contributed by atoms with E-state index < -0.39 is 5.97 Å². The number of aryl methyl sites for hydroxylation is 1. The number of amides is 1.